The molecule has 1 atom stereocenters. The number of sulfonamides is 1. The summed E-state index contributed by atoms with van der Waals surface area (Å²) in [6, 6.07) is 11.2. The van der Waals surface area contributed by atoms with Gasteiger partial charge in [-0.3, -0.25) is 9.52 Å². The van der Waals surface area contributed by atoms with E-state index in [0.29, 0.717) is 26.2 Å². The van der Waals surface area contributed by atoms with Crippen molar-refractivity contribution in [2.24, 2.45) is 0 Å². The number of nitrogens with zero attached hydrogens (tertiary/aromatic N) is 5. The summed E-state index contributed by atoms with van der Waals surface area (Å²) in [6.45, 7) is 5.14. The summed E-state index contributed by atoms with van der Waals surface area (Å²) in [5.74, 6) is -0.180. The van der Waals surface area contributed by atoms with E-state index < -0.39 is 10.0 Å². The Labute approximate surface area is 216 Å². The number of hydrogen-bond acceptors (Lipinski definition) is 8. The number of carbonyl (C=O) groups excluding carboxylic acids is 1. The minimum Gasteiger partial charge on any atom is -0.368 e. The fourth-order valence-corrected chi connectivity index (χ4v) is 6.47. The number of piperazine rings is 1. The Kier molecular flexibility index (Phi) is 6.80. The maximum atomic E-state index is 13.7. The summed E-state index contributed by atoms with van der Waals surface area (Å²) in [4.78, 5) is 23.4. The van der Waals surface area contributed by atoms with Crippen LogP contribution in [-0.4, -0.2) is 67.3 Å². The molecule has 2 aromatic carbocycles. The van der Waals surface area contributed by atoms with Gasteiger partial charge in [0, 0.05) is 58.5 Å². The first-order valence-corrected chi connectivity index (χ1v) is 14.1. The van der Waals surface area contributed by atoms with Crippen LogP contribution in [0, 0.1) is 5.82 Å². The Morgan fingerprint density at radius 1 is 1.11 bits per heavy atom. The molecule has 0 radical (unpaired) electrons. The summed E-state index contributed by atoms with van der Waals surface area (Å²) in [6.07, 6.45) is 3.01. The van der Waals surface area contributed by atoms with Crippen LogP contribution in [0.3, 0.4) is 0 Å². The van der Waals surface area contributed by atoms with E-state index in [9.17, 15) is 17.6 Å². The van der Waals surface area contributed by atoms with Crippen LogP contribution in [0.5, 0.6) is 0 Å². The van der Waals surface area contributed by atoms with Gasteiger partial charge in [-0.25, -0.2) is 17.8 Å². The molecule has 3 heterocycles. The molecule has 12 heteroatoms. The molecule has 0 saturated carbocycles. The van der Waals surface area contributed by atoms with E-state index in [4.69, 9.17) is 0 Å². The number of anilines is 3. The molecule has 1 amide bonds. The molecule has 1 saturated heterocycles. The van der Waals surface area contributed by atoms with Gasteiger partial charge >= 0.3 is 0 Å². The Balaban J connectivity index is 0.00000200. The number of carbonyl (C=O) groups is 1. The molecule has 1 N–H and O–H groups in total. The molecule has 36 heavy (non-hydrogen) atoms. The molecular weight excluding hydrogens is 503 g/mol. The van der Waals surface area contributed by atoms with Gasteiger partial charge < -0.3 is 14.7 Å². The highest BCUT2D eigenvalue weighted by Gasteiger charge is 2.31. The Morgan fingerprint density at radius 2 is 1.86 bits per heavy atom. The predicted octanol–water partition coefficient (Wildman–Crippen LogP) is 3.46. The Hall–Kier alpha value is -3.25. The molecule has 0 unspecified atom stereocenters. The molecule has 3 aromatic rings. The first-order chi connectivity index (χ1) is 17.3. The summed E-state index contributed by atoms with van der Waals surface area (Å²) in [5, 5.41) is 0.217. The predicted molar refractivity (Wildman–Crippen MR) is 142 cm³/mol. The number of nitrogens with one attached hydrogen (secondary N) is 1. The molecule has 0 spiro atoms. The number of hydrogen-bond donors (Lipinski definition) is 1. The van der Waals surface area contributed by atoms with Crippen LogP contribution in [0.1, 0.15) is 21.8 Å². The van der Waals surface area contributed by atoms with E-state index in [0.717, 1.165) is 47.9 Å². The van der Waals surface area contributed by atoms with E-state index >= 15 is 0 Å². The zero-order valence-electron chi connectivity index (χ0n) is 19.8. The number of aryl methyl sites for hydroxylation is 1. The van der Waals surface area contributed by atoms with Gasteiger partial charge in [-0.05, 0) is 67.8 Å². The maximum absolute atomic E-state index is 13.7. The monoisotopic (exact) mass is 534 g/mol. The second kappa shape index (κ2) is 10.0. The van der Waals surface area contributed by atoms with Crippen molar-refractivity contribution in [1.82, 2.24) is 14.3 Å². The van der Waals surface area contributed by atoms with Crippen LogP contribution in [0.4, 0.5) is 20.9 Å². The highest BCUT2D eigenvalue weighted by Crippen LogP contribution is 2.30. The van der Waals surface area contributed by atoms with Crippen molar-refractivity contribution in [3.05, 3.63) is 60.2 Å². The lowest BCUT2D eigenvalue weighted by molar-refractivity contribution is -0.132. The lowest BCUT2D eigenvalue weighted by Gasteiger charge is -2.41. The highest BCUT2D eigenvalue weighted by atomic mass is 32.2. The lowest BCUT2D eigenvalue weighted by Crippen LogP contribution is -2.55. The largest absolute Gasteiger partial charge is 0.368 e. The third kappa shape index (κ3) is 5.00. The number of rotatable bonds is 6. The number of amides is 1. The Morgan fingerprint density at radius 3 is 2.56 bits per heavy atom. The van der Waals surface area contributed by atoms with Crippen LogP contribution < -0.4 is 14.5 Å². The molecule has 2 aliphatic rings. The van der Waals surface area contributed by atoms with Gasteiger partial charge in [-0.15, -0.1) is 0 Å². The summed E-state index contributed by atoms with van der Waals surface area (Å²) in [7, 11) is -3.73. The second-order valence-corrected chi connectivity index (χ2v) is 11.4. The molecular formula is C24H31FN6O3S2. The van der Waals surface area contributed by atoms with Crippen molar-refractivity contribution >= 4 is 44.0 Å². The highest BCUT2D eigenvalue weighted by molar-refractivity contribution is 7.93. The van der Waals surface area contributed by atoms with Gasteiger partial charge in [-0.2, -0.15) is 4.37 Å². The Bertz CT molecular complexity index is 1340. The number of benzene rings is 2. The maximum Gasteiger partial charge on any atom is 0.263 e. The van der Waals surface area contributed by atoms with Crippen LogP contribution >= 0.6 is 11.5 Å². The molecule has 9 nitrogen and oxygen atoms in total. The lowest BCUT2D eigenvalue weighted by atomic mass is 9.99. The standard InChI is InChI=1S/C24H27FN6O3S2.2H2/c1-17(31-10-2-3-18-15-19(25)4-9-22(18)31)23(32)30-13-11-29(12-14-30)20-5-7-21(8-6-20)36(33,34)28-24-26-16-27-35-24;;/h4-9,15-17H,2-3,10-14H2,1H3,(H,26,27,28);2*1H/t17-;;/m0../s1. The van der Waals surface area contributed by atoms with Crippen molar-refractivity contribution < 1.29 is 20.5 Å². The van der Waals surface area contributed by atoms with Crippen molar-refractivity contribution in [2.75, 3.05) is 47.2 Å². The third-order valence-electron chi connectivity index (χ3n) is 6.71. The zero-order chi connectivity index (χ0) is 25.3. The summed E-state index contributed by atoms with van der Waals surface area (Å²) < 4.78 is 45.0. The average molecular weight is 535 g/mol. The van der Waals surface area contributed by atoms with Gasteiger partial charge in [0.25, 0.3) is 10.0 Å². The summed E-state index contributed by atoms with van der Waals surface area (Å²) in [5.41, 5.74) is 2.80. The first kappa shape index (κ1) is 24.4. The number of aromatic nitrogens is 2. The molecule has 0 aliphatic carbocycles. The smallest absolute Gasteiger partial charge is 0.263 e. The topological polar surface area (TPSA) is 98.7 Å². The molecule has 0 bridgehead atoms. The van der Waals surface area contributed by atoms with Gasteiger partial charge in [0.1, 0.15) is 18.2 Å². The van der Waals surface area contributed by atoms with E-state index in [1.165, 1.54) is 12.4 Å². The van der Waals surface area contributed by atoms with Crippen molar-refractivity contribution in [3.8, 4) is 0 Å². The van der Waals surface area contributed by atoms with Crippen LogP contribution in [0.2, 0.25) is 0 Å². The molecule has 194 valence electrons. The number of fused-ring (bicyclic) bond motifs is 1. The normalized spacial score (nSPS) is 17.0. The quantitative estimate of drug-likeness (QED) is 0.517. The van der Waals surface area contributed by atoms with E-state index in [2.05, 4.69) is 23.9 Å². The fraction of sp³-hybridized carbons (Fsp3) is 0.375. The van der Waals surface area contributed by atoms with Gasteiger partial charge in [0.2, 0.25) is 11.0 Å². The van der Waals surface area contributed by atoms with E-state index in [-0.39, 0.29) is 30.6 Å². The minimum absolute atomic E-state index is 0. The molecule has 1 fully saturated rings. The molecule has 2 aliphatic heterocycles. The SMILES string of the molecule is C[C@@H](C(=O)N1CCN(c2ccc(S(=O)(=O)Nc3ncns3)cc2)CC1)N1CCCc2cc(F)ccc21.[HH].[HH]. The van der Waals surface area contributed by atoms with Crippen LogP contribution in [0.15, 0.2) is 53.7 Å². The van der Waals surface area contributed by atoms with Crippen molar-refractivity contribution in [3.63, 3.8) is 0 Å². The summed E-state index contributed by atoms with van der Waals surface area (Å²) >= 11 is 0.971. The van der Waals surface area contributed by atoms with Gasteiger partial charge in [-0.1, -0.05) is 0 Å². The zero-order valence-corrected chi connectivity index (χ0v) is 21.4. The third-order valence-corrected chi connectivity index (χ3v) is 8.77. The van der Waals surface area contributed by atoms with Crippen molar-refractivity contribution in [2.45, 2.75) is 30.7 Å². The van der Waals surface area contributed by atoms with Crippen molar-refractivity contribution in [1.29, 1.82) is 0 Å². The minimum atomic E-state index is -3.73. The van der Waals surface area contributed by atoms with E-state index in [1.807, 2.05) is 11.8 Å². The first-order valence-electron chi connectivity index (χ1n) is 11.8. The molecule has 5 rings (SSSR count). The second-order valence-electron chi connectivity index (χ2n) is 8.90. The number of halogens is 1. The van der Waals surface area contributed by atoms with Crippen LogP contribution in [0.25, 0.3) is 0 Å². The van der Waals surface area contributed by atoms with Gasteiger partial charge in [0.15, 0.2) is 0 Å². The molecule has 1 aromatic heterocycles. The van der Waals surface area contributed by atoms with Crippen LogP contribution in [-0.2, 0) is 21.2 Å². The van der Waals surface area contributed by atoms with Gasteiger partial charge in [0.05, 0.1) is 4.90 Å². The average Bonchev–Trinajstić information content (AvgIpc) is 3.40. The van der Waals surface area contributed by atoms with E-state index in [1.54, 1.807) is 36.4 Å². The fourth-order valence-electron chi connectivity index (χ4n) is 4.81.